The monoisotopic (exact) mass is 466 g/mol. The molecule has 2 aromatic heterocycles. The summed E-state index contributed by atoms with van der Waals surface area (Å²) in [5, 5.41) is 3.37. The number of nitrogens with zero attached hydrogens (tertiary/aromatic N) is 1. The number of carbonyl (C=O) groups excluding carboxylic acids is 3. The Morgan fingerprint density at radius 2 is 1.83 bits per heavy atom. The summed E-state index contributed by atoms with van der Waals surface area (Å²) in [7, 11) is 0. The van der Waals surface area contributed by atoms with E-state index in [2.05, 4.69) is 5.32 Å². The van der Waals surface area contributed by atoms with E-state index in [9.17, 15) is 14.4 Å². The Kier molecular flexibility index (Phi) is 5.97. The summed E-state index contributed by atoms with van der Waals surface area (Å²) in [5.74, 6) is -0.375. The van der Waals surface area contributed by atoms with Gasteiger partial charge in [-0.25, -0.2) is 9.78 Å². The number of para-hydroxylation sites is 1. The number of hydrogen-bond donors (Lipinski definition) is 1. The molecule has 0 saturated heterocycles. The highest BCUT2D eigenvalue weighted by Crippen LogP contribution is 2.37. The first-order valence-corrected chi connectivity index (χ1v) is 11.2. The van der Waals surface area contributed by atoms with Crippen molar-refractivity contribution in [1.29, 1.82) is 0 Å². The van der Waals surface area contributed by atoms with Crippen LogP contribution in [-0.2, 0) is 16.0 Å². The van der Waals surface area contributed by atoms with E-state index in [4.69, 9.17) is 14.1 Å². The highest BCUT2D eigenvalue weighted by Gasteiger charge is 2.28. The van der Waals surface area contributed by atoms with Gasteiger partial charge in [-0.05, 0) is 79.4 Å². The highest BCUT2D eigenvalue weighted by atomic mass is 16.5. The molecule has 0 aliphatic heterocycles. The Hall–Kier alpha value is -4.52. The van der Waals surface area contributed by atoms with Crippen molar-refractivity contribution >= 4 is 45.9 Å². The van der Waals surface area contributed by atoms with Crippen molar-refractivity contribution in [3.63, 3.8) is 0 Å². The summed E-state index contributed by atoms with van der Waals surface area (Å²) in [5.41, 5.74) is 4.73. The SMILES string of the molecule is CC(=O)c1ccc(NC(=O)COC(=O)c2c3c(nc4ccccc24)/C(=C/c2ccco2)CC3)cc1. The van der Waals surface area contributed by atoms with E-state index in [0.717, 1.165) is 29.0 Å². The van der Waals surface area contributed by atoms with E-state index in [1.54, 1.807) is 30.5 Å². The van der Waals surface area contributed by atoms with Crippen molar-refractivity contribution in [2.75, 3.05) is 11.9 Å². The van der Waals surface area contributed by atoms with Crippen LogP contribution in [0.2, 0.25) is 0 Å². The molecule has 35 heavy (non-hydrogen) atoms. The van der Waals surface area contributed by atoms with Crippen LogP contribution < -0.4 is 5.32 Å². The third kappa shape index (κ3) is 4.61. The van der Waals surface area contributed by atoms with Gasteiger partial charge in [-0.1, -0.05) is 18.2 Å². The van der Waals surface area contributed by atoms with Crippen LogP contribution in [0.3, 0.4) is 0 Å². The molecule has 0 radical (unpaired) electrons. The van der Waals surface area contributed by atoms with Crippen LogP contribution in [0.25, 0.3) is 22.6 Å². The van der Waals surface area contributed by atoms with Gasteiger partial charge in [0.15, 0.2) is 12.4 Å². The number of ketones is 1. The Bertz CT molecular complexity index is 1470. The van der Waals surface area contributed by atoms with Crippen LogP contribution in [-0.4, -0.2) is 29.3 Å². The van der Waals surface area contributed by atoms with E-state index >= 15 is 0 Å². The zero-order chi connectivity index (χ0) is 24.4. The molecule has 1 aliphatic carbocycles. The molecule has 2 heterocycles. The van der Waals surface area contributed by atoms with Crippen molar-refractivity contribution in [1.82, 2.24) is 4.98 Å². The lowest BCUT2D eigenvalue weighted by Crippen LogP contribution is -2.21. The molecule has 0 bridgehead atoms. The van der Waals surface area contributed by atoms with E-state index in [-0.39, 0.29) is 5.78 Å². The normalized spacial score (nSPS) is 13.6. The zero-order valence-corrected chi connectivity index (χ0v) is 19.0. The molecule has 1 aliphatic rings. The summed E-state index contributed by atoms with van der Waals surface area (Å²) in [6.07, 6.45) is 4.91. The number of benzene rings is 2. The van der Waals surface area contributed by atoms with Crippen LogP contribution in [0.5, 0.6) is 0 Å². The number of allylic oxidation sites excluding steroid dienone is 1. The summed E-state index contributed by atoms with van der Waals surface area (Å²) in [6, 6.07) is 17.6. The minimum atomic E-state index is -0.568. The molecule has 7 nitrogen and oxygen atoms in total. The quantitative estimate of drug-likeness (QED) is 0.305. The molecule has 0 unspecified atom stereocenters. The fourth-order valence-electron chi connectivity index (χ4n) is 4.25. The van der Waals surface area contributed by atoms with Gasteiger partial charge in [-0.15, -0.1) is 0 Å². The smallest absolute Gasteiger partial charge is 0.339 e. The molecular formula is C28H22N2O5. The predicted molar refractivity (Wildman–Crippen MR) is 132 cm³/mol. The first-order valence-electron chi connectivity index (χ1n) is 11.2. The molecular weight excluding hydrogens is 444 g/mol. The van der Waals surface area contributed by atoms with Crippen molar-refractivity contribution in [2.45, 2.75) is 19.8 Å². The molecule has 0 atom stereocenters. The third-order valence-corrected chi connectivity index (χ3v) is 5.92. The molecule has 0 fully saturated rings. The number of ether oxygens (including phenoxy) is 1. The molecule has 1 amide bonds. The summed E-state index contributed by atoms with van der Waals surface area (Å²) in [4.78, 5) is 41.8. The first kappa shape index (κ1) is 22.3. The number of rotatable bonds is 6. The standard InChI is InChI=1S/C28H22N2O5/c1-17(31)18-8-11-20(12-9-18)29-25(32)16-35-28(33)26-22-6-2-3-7-24(22)30-27-19(10-13-23(26)27)15-21-5-4-14-34-21/h2-9,11-12,14-15H,10,13,16H2,1H3,(H,29,32)/b19-15+. The molecule has 1 N–H and O–H groups in total. The van der Waals surface area contributed by atoms with Gasteiger partial charge in [0.2, 0.25) is 0 Å². The van der Waals surface area contributed by atoms with Crippen molar-refractivity contribution in [3.8, 4) is 0 Å². The number of carbonyl (C=O) groups is 3. The number of furan rings is 1. The van der Waals surface area contributed by atoms with Crippen LogP contribution in [0.15, 0.2) is 71.3 Å². The largest absolute Gasteiger partial charge is 0.465 e. The zero-order valence-electron chi connectivity index (χ0n) is 19.0. The fourth-order valence-corrected chi connectivity index (χ4v) is 4.25. The van der Waals surface area contributed by atoms with Gasteiger partial charge in [0, 0.05) is 16.6 Å². The van der Waals surface area contributed by atoms with Crippen LogP contribution >= 0.6 is 0 Å². The molecule has 4 aromatic rings. The molecule has 0 spiro atoms. The minimum absolute atomic E-state index is 0.0592. The van der Waals surface area contributed by atoms with Crippen LogP contribution in [0, 0.1) is 0 Å². The number of Topliss-reactive ketones (excluding diaryl/α,β-unsaturated/α-hetero) is 1. The number of pyridine rings is 1. The second-order valence-electron chi connectivity index (χ2n) is 8.27. The first-order chi connectivity index (χ1) is 17.0. The van der Waals surface area contributed by atoms with Crippen LogP contribution in [0.1, 0.15) is 51.1 Å². The molecule has 0 saturated carbocycles. The number of nitrogens with one attached hydrogen (secondary N) is 1. The molecule has 7 heteroatoms. The summed E-state index contributed by atoms with van der Waals surface area (Å²) in [6.45, 7) is 1.04. The van der Waals surface area contributed by atoms with Gasteiger partial charge in [0.05, 0.1) is 23.0 Å². The highest BCUT2D eigenvalue weighted by molar-refractivity contribution is 6.08. The minimum Gasteiger partial charge on any atom is -0.465 e. The predicted octanol–water partition coefficient (Wildman–Crippen LogP) is 5.31. The van der Waals surface area contributed by atoms with Gasteiger partial charge in [0.1, 0.15) is 5.76 Å². The molecule has 2 aromatic carbocycles. The Morgan fingerprint density at radius 1 is 1.03 bits per heavy atom. The lowest BCUT2D eigenvalue weighted by molar-refractivity contribution is -0.119. The number of fused-ring (bicyclic) bond motifs is 2. The second kappa shape index (κ2) is 9.38. The van der Waals surface area contributed by atoms with Crippen molar-refractivity contribution in [2.24, 2.45) is 0 Å². The van der Waals surface area contributed by atoms with Gasteiger partial charge < -0.3 is 14.5 Å². The van der Waals surface area contributed by atoms with Gasteiger partial charge in [-0.3, -0.25) is 9.59 Å². The van der Waals surface area contributed by atoms with Crippen molar-refractivity contribution < 1.29 is 23.5 Å². The average molecular weight is 466 g/mol. The number of aromatic nitrogens is 1. The maximum atomic E-state index is 13.2. The fraction of sp³-hybridized carbons (Fsp3) is 0.143. The van der Waals surface area contributed by atoms with Crippen molar-refractivity contribution in [3.05, 3.63) is 95.1 Å². The summed E-state index contributed by atoms with van der Waals surface area (Å²) >= 11 is 0. The van der Waals surface area contributed by atoms with E-state index in [0.29, 0.717) is 34.1 Å². The second-order valence-corrected chi connectivity index (χ2v) is 8.27. The number of hydrogen-bond acceptors (Lipinski definition) is 6. The Balaban J connectivity index is 1.38. The number of anilines is 1. The third-order valence-electron chi connectivity index (χ3n) is 5.92. The lowest BCUT2D eigenvalue weighted by Gasteiger charge is -2.12. The van der Waals surface area contributed by atoms with Gasteiger partial charge >= 0.3 is 5.97 Å². The van der Waals surface area contributed by atoms with E-state index in [1.807, 2.05) is 42.5 Å². The maximum Gasteiger partial charge on any atom is 0.339 e. The number of esters is 1. The number of amides is 1. The van der Waals surface area contributed by atoms with Gasteiger partial charge in [-0.2, -0.15) is 0 Å². The van der Waals surface area contributed by atoms with E-state index in [1.165, 1.54) is 6.92 Å². The molecule has 5 rings (SSSR count). The van der Waals surface area contributed by atoms with E-state index < -0.39 is 18.5 Å². The Morgan fingerprint density at radius 3 is 2.57 bits per heavy atom. The topological polar surface area (TPSA) is 98.5 Å². The van der Waals surface area contributed by atoms with Crippen LogP contribution in [0.4, 0.5) is 5.69 Å². The lowest BCUT2D eigenvalue weighted by atomic mass is 10.0. The summed E-state index contributed by atoms with van der Waals surface area (Å²) < 4.78 is 10.9. The average Bonchev–Trinajstić information content (AvgIpc) is 3.52. The van der Waals surface area contributed by atoms with Gasteiger partial charge in [0.25, 0.3) is 5.91 Å². The Labute approximate surface area is 201 Å². The molecule has 174 valence electrons. The maximum absolute atomic E-state index is 13.2.